The van der Waals surface area contributed by atoms with Crippen LogP contribution in [-0.4, -0.2) is 15.2 Å². The largest absolute Gasteiger partial charge is 1.00 e. The quantitative estimate of drug-likeness (QED) is 0.106. The molecule has 0 amide bonds. The van der Waals surface area contributed by atoms with Gasteiger partial charge in [-0.15, -0.1) is 11.0 Å². The van der Waals surface area contributed by atoms with E-state index in [0.717, 1.165) is 28.1 Å². The van der Waals surface area contributed by atoms with Gasteiger partial charge in [-0.3, -0.25) is 0 Å². The summed E-state index contributed by atoms with van der Waals surface area (Å²) in [4.78, 5) is 7.02. The van der Waals surface area contributed by atoms with Crippen molar-refractivity contribution in [1.29, 1.82) is 0 Å². The number of anilines is 3. The molecule has 0 atom stereocenters. The van der Waals surface area contributed by atoms with Crippen LogP contribution in [0.2, 0.25) is 0 Å². The van der Waals surface area contributed by atoms with E-state index in [1.54, 1.807) is 0 Å². The van der Waals surface area contributed by atoms with Crippen LogP contribution in [0.1, 0.15) is 101 Å². The molecule has 1 aromatic heterocycles. The molecule has 4 nitrogen and oxygen atoms in total. The van der Waals surface area contributed by atoms with Crippen LogP contribution in [-0.2, 0) is 22.4 Å². The molecule has 1 aliphatic heterocycles. The van der Waals surface area contributed by atoms with E-state index in [9.17, 15) is 0 Å². The standard InChI is InChI=1S/C27H36N2.C24H17N2.Au/c1-18(2)22-11-9-12-23(19(3)4)26(22)28-15-16-29(17-28)27-24(20(5)6)13-10-14-25(27)21(7)8;1-3-9-18(10-4-1)26(19-11-5-2-6-12-19)20-15-16-24-22(17-20)21-13-7-8-14-23(21)25-24;/h9-16,18-21H,1-8H3;1-17H;/q+2;-1;+1. The molecule has 0 spiro atoms. The molecular weight excluding hydrogens is 866 g/mol. The minimum absolute atomic E-state index is 0. The van der Waals surface area contributed by atoms with Gasteiger partial charge in [0.15, 0.2) is 0 Å². The molecule has 0 aliphatic carbocycles. The molecule has 6 aromatic carbocycles. The predicted molar refractivity (Wildman–Crippen MR) is 233 cm³/mol. The average molecular weight is 919 g/mol. The Hall–Kier alpha value is -5.22. The SMILES string of the molecule is CC(C)c1cccc(C(C)C)c1[N+]1=C=[N+](c2c(C(C)C)cccc2C(C)C)C=C1.[Au+].c1ccc(N(c2ccccc2)c2ccc3[n-]c4ccccc4c3c2)cc1. The maximum absolute atomic E-state index is 4.74. The van der Waals surface area contributed by atoms with E-state index in [1.807, 2.05) is 18.2 Å². The van der Waals surface area contributed by atoms with Gasteiger partial charge in [-0.25, -0.2) is 0 Å². The van der Waals surface area contributed by atoms with Crippen molar-refractivity contribution in [2.75, 3.05) is 4.90 Å². The third-order valence-corrected chi connectivity index (χ3v) is 10.4. The minimum Gasteiger partial charge on any atom is -0.657 e. The normalized spacial score (nSPS) is 12.3. The monoisotopic (exact) mass is 918 g/mol. The number of nitrogens with zero attached hydrogens (tertiary/aromatic N) is 4. The van der Waals surface area contributed by atoms with Gasteiger partial charge in [0.1, 0.15) is 0 Å². The number of fused-ring (bicyclic) bond motifs is 3. The maximum atomic E-state index is 4.74. The van der Waals surface area contributed by atoms with E-state index in [2.05, 4.69) is 209 Å². The first-order valence-electron chi connectivity index (χ1n) is 19.8. The van der Waals surface area contributed by atoms with Gasteiger partial charge in [-0.1, -0.05) is 168 Å². The zero-order valence-electron chi connectivity index (χ0n) is 33.8. The Morgan fingerprint density at radius 1 is 0.429 bits per heavy atom. The maximum Gasteiger partial charge on any atom is 1.00 e. The van der Waals surface area contributed by atoms with E-state index in [4.69, 9.17) is 4.98 Å². The van der Waals surface area contributed by atoms with Crippen LogP contribution < -0.4 is 9.88 Å². The summed E-state index contributed by atoms with van der Waals surface area (Å²) in [7, 11) is 0. The Bertz CT molecular complexity index is 2370. The summed E-state index contributed by atoms with van der Waals surface area (Å²) < 4.78 is 4.40. The zero-order valence-corrected chi connectivity index (χ0v) is 36.0. The third kappa shape index (κ3) is 8.31. The van der Waals surface area contributed by atoms with Gasteiger partial charge in [-0.2, -0.15) is 0 Å². The number of para-hydroxylation sites is 5. The number of benzene rings is 6. The molecule has 0 saturated carbocycles. The molecule has 0 radical (unpaired) electrons. The van der Waals surface area contributed by atoms with Gasteiger partial charge in [0.2, 0.25) is 11.4 Å². The van der Waals surface area contributed by atoms with Crippen molar-refractivity contribution < 1.29 is 31.5 Å². The molecule has 0 bridgehead atoms. The van der Waals surface area contributed by atoms with Gasteiger partial charge in [0.25, 0.3) is 12.4 Å². The summed E-state index contributed by atoms with van der Waals surface area (Å²) in [5.41, 5.74) is 13.5. The first-order valence-corrected chi connectivity index (χ1v) is 19.8. The van der Waals surface area contributed by atoms with Crippen LogP contribution in [0.4, 0.5) is 28.4 Å². The molecule has 0 N–H and O–H groups in total. The van der Waals surface area contributed by atoms with Crippen LogP contribution >= 0.6 is 0 Å². The Morgan fingerprint density at radius 2 is 0.839 bits per heavy atom. The summed E-state index contributed by atoms with van der Waals surface area (Å²) in [6.07, 6.45) is 4.32. The fourth-order valence-corrected chi connectivity index (χ4v) is 7.65. The fourth-order valence-electron chi connectivity index (χ4n) is 7.65. The van der Waals surface area contributed by atoms with Crippen LogP contribution in [0, 0.1) is 0 Å². The van der Waals surface area contributed by atoms with Crippen LogP contribution in [0.15, 0.2) is 152 Å². The first-order chi connectivity index (χ1) is 26.6. The molecule has 2 heterocycles. The topological polar surface area (TPSA) is 23.4 Å². The predicted octanol–water partition coefficient (Wildman–Crippen LogP) is 14.2. The van der Waals surface area contributed by atoms with E-state index >= 15 is 0 Å². The van der Waals surface area contributed by atoms with Crippen LogP contribution in [0.3, 0.4) is 0 Å². The second-order valence-electron chi connectivity index (χ2n) is 15.7. The van der Waals surface area contributed by atoms with Crippen molar-refractivity contribution in [2.24, 2.45) is 0 Å². The second-order valence-corrected chi connectivity index (χ2v) is 15.7. The Labute approximate surface area is 349 Å². The number of hydrogen-bond donors (Lipinski definition) is 0. The van der Waals surface area contributed by atoms with Gasteiger partial charge < -0.3 is 9.88 Å². The molecular formula is C51H53AuN4+2. The third-order valence-electron chi connectivity index (χ3n) is 10.4. The van der Waals surface area contributed by atoms with Gasteiger partial charge >= 0.3 is 28.4 Å². The second kappa shape index (κ2) is 17.7. The Kier molecular flexibility index (Phi) is 12.8. The summed E-state index contributed by atoms with van der Waals surface area (Å²) in [6, 6.07) is 52.8. The number of hydrogen-bond acceptors (Lipinski definition) is 1. The van der Waals surface area contributed by atoms with Crippen molar-refractivity contribution in [1.82, 2.24) is 4.98 Å². The first kappa shape index (κ1) is 40.4. The van der Waals surface area contributed by atoms with Crippen molar-refractivity contribution in [3.05, 3.63) is 174 Å². The molecule has 1 aliphatic rings. The Morgan fingerprint density at radius 3 is 1.29 bits per heavy atom. The summed E-state index contributed by atoms with van der Waals surface area (Å²) >= 11 is 0. The van der Waals surface area contributed by atoms with Crippen molar-refractivity contribution >= 4 is 56.3 Å². The molecule has 7 aromatic rings. The van der Waals surface area contributed by atoms with Crippen molar-refractivity contribution in [3.63, 3.8) is 0 Å². The average Bonchev–Trinajstić information content (AvgIpc) is 3.84. The van der Waals surface area contributed by atoms with Crippen molar-refractivity contribution in [3.8, 4) is 0 Å². The summed E-state index contributed by atoms with van der Waals surface area (Å²) in [5, 5.41) is 2.39. The molecule has 0 saturated heterocycles. The summed E-state index contributed by atoms with van der Waals surface area (Å²) in [6.45, 7) is 18.2. The zero-order chi connectivity index (χ0) is 38.6. The molecule has 8 rings (SSSR count). The molecule has 286 valence electrons. The fraction of sp³-hybridized carbons (Fsp3) is 0.235. The van der Waals surface area contributed by atoms with E-state index < -0.39 is 0 Å². The molecule has 0 unspecified atom stereocenters. The molecule has 5 heteroatoms. The van der Waals surface area contributed by atoms with E-state index in [1.165, 1.54) is 44.4 Å². The van der Waals surface area contributed by atoms with Gasteiger partial charge in [-0.05, 0) is 70.8 Å². The van der Waals surface area contributed by atoms with E-state index in [0.29, 0.717) is 23.7 Å². The number of aromatic nitrogens is 1. The minimum atomic E-state index is 0. The van der Waals surface area contributed by atoms with Gasteiger partial charge in [0.05, 0.1) is 0 Å². The van der Waals surface area contributed by atoms with Gasteiger partial charge in [0, 0.05) is 39.3 Å². The van der Waals surface area contributed by atoms with Crippen molar-refractivity contribution in [2.45, 2.75) is 79.1 Å². The Balaban J connectivity index is 0.000000187. The number of rotatable bonds is 9. The molecule has 0 fully saturated rings. The van der Waals surface area contributed by atoms with Crippen LogP contribution in [0.5, 0.6) is 0 Å². The molecule has 56 heavy (non-hydrogen) atoms. The van der Waals surface area contributed by atoms with E-state index in [-0.39, 0.29) is 22.4 Å². The summed E-state index contributed by atoms with van der Waals surface area (Å²) in [5.74, 6) is 1.84. The smallest absolute Gasteiger partial charge is 0.657 e. The van der Waals surface area contributed by atoms with Crippen LogP contribution in [0.25, 0.3) is 21.8 Å².